The highest BCUT2D eigenvalue weighted by Gasteiger charge is 2.18. The smallest absolute Gasteiger partial charge is 0.167 e. The lowest BCUT2D eigenvalue weighted by Crippen LogP contribution is -2.10. The van der Waals surface area contributed by atoms with Crippen LogP contribution in [0.15, 0.2) is 24.5 Å². The van der Waals surface area contributed by atoms with E-state index in [1.165, 1.54) is 24.5 Å². The highest BCUT2D eigenvalue weighted by molar-refractivity contribution is 7.50. The predicted molar refractivity (Wildman–Crippen MR) is 41.4 cm³/mol. The fourth-order valence-corrected chi connectivity index (χ4v) is 1.31. The first-order valence-electron chi connectivity index (χ1n) is 3.19. The van der Waals surface area contributed by atoms with Crippen LogP contribution >= 0.6 is 7.60 Å². The average Bonchev–Trinajstić information content (AvgIpc) is 2.03. The summed E-state index contributed by atoms with van der Waals surface area (Å²) in [5, 5.41) is 9.02. The van der Waals surface area contributed by atoms with Gasteiger partial charge in [-0.05, 0) is 0 Å². The molecule has 0 bridgehead atoms. The van der Waals surface area contributed by atoms with Gasteiger partial charge in [-0.2, -0.15) is 0 Å². The summed E-state index contributed by atoms with van der Waals surface area (Å²) in [5.74, 6) is -1.84. The highest BCUT2D eigenvalue weighted by Crippen LogP contribution is 2.45. The molecule has 0 fully saturated rings. The zero-order valence-corrected chi connectivity index (χ0v) is 7.44. The minimum atomic E-state index is -4.69. The molecule has 1 heterocycles. The summed E-state index contributed by atoms with van der Waals surface area (Å²) in [4.78, 5) is 21.6. The Bertz CT molecular complexity index is 297. The van der Waals surface area contributed by atoms with Gasteiger partial charge in [-0.25, -0.2) is 4.98 Å². The molecule has 1 aromatic rings. The number of pyridine rings is 1. The predicted octanol–water partition coefficient (Wildman–Crippen LogP) is -1.79. The molecule has 7 heteroatoms. The second kappa shape index (κ2) is 4.45. The van der Waals surface area contributed by atoms with Crippen molar-refractivity contribution in [1.82, 2.24) is 0 Å². The normalized spacial score (nSPS) is 16.8. The number of H-pyrrole nitrogens is 1. The van der Waals surface area contributed by atoms with Crippen molar-refractivity contribution < 1.29 is 29.9 Å². The van der Waals surface area contributed by atoms with Crippen molar-refractivity contribution in [2.75, 3.05) is 0 Å². The first-order chi connectivity index (χ1) is 5.52. The zero-order chi connectivity index (χ0) is 9.19. The number of aliphatic hydroxyl groups excluding tert-OH is 1. The monoisotopic (exact) mass is 207 g/mol. The van der Waals surface area contributed by atoms with Crippen LogP contribution in [0.4, 0.5) is 0 Å². The number of hydrogen-bond acceptors (Lipinski definition) is 3. The van der Waals surface area contributed by atoms with E-state index < -0.39 is 13.4 Å². The van der Waals surface area contributed by atoms with Gasteiger partial charge < -0.3 is 24.9 Å². The van der Waals surface area contributed by atoms with E-state index >= 15 is 0 Å². The molecule has 13 heavy (non-hydrogen) atoms. The quantitative estimate of drug-likeness (QED) is 0.555. The number of aromatic amines is 1. The molecule has 1 rings (SSSR count). The number of aliphatic hydroxyl groups is 1. The summed E-state index contributed by atoms with van der Waals surface area (Å²) in [6, 6.07) is 2.73. The van der Waals surface area contributed by atoms with Crippen LogP contribution in [0.3, 0.4) is 0 Å². The van der Waals surface area contributed by atoms with E-state index in [2.05, 4.69) is 4.98 Å². The summed E-state index contributed by atoms with van der Waals surface area (Å²) >= 11 is 0. The standard InChI is InChI=1S/C6H8NO4P.H2O/c8-6(12(9,10)11)5-1-3-7-4-2-5;/h1-4,6,8H,(H2,9,10,11);1H2/t6-;/m0./s1. The lowest BCUT2D eigenvalue weighted by molar-refractivity contribution is -0.378. The van der Waals surface area contributed by atoms with Crippen molar-refractivity contribution >= 4 is 7.60 Å². The van der Waals surface area contributed by atoms with Crippen LogP contribution in [0.5, 0.6) is 0 Å². The first kappa shape index (κ1) is 12.2. The van der Waals surface area contributed by atoms with Crippen LogP contribution in [0.1, 0.15) is 11.4 Å². The van der Waals surface area contributed by atoms with Gasteiger partial charge in [0.1, 0.15) is 5.85 Å². The number of aromatic nitrogens is 1. The highest BCUT2D eigenvalue weighted by atomic mass is 31.2. The molecular formula is C6H10NO5P. The van der Waals surface area contributed by atoms with Crippen LogP contribution in [0.2, 0.25) is 0 Å². The van der Waals surface area contributed by atoms with Gasteiger partial charge in [0.05, 0.1) is 0 Å². The van der Waals surface area contributed by atoms with E-state index in [-0.39, 0.29) is 11.0 Å². The molecule has 0 radical (unpaired) electrons. The van der Waals surface area contributed by atoms with Crippen molar-refractivity contribution in [3.63, 3.8) is 0 Å². The lowest BCUT2D eigenvalue weighted by Gasteiger charge is -2.21. The van der Waals surface area contributed by atoms with Gasteiger partial charge in [-0.15, -0.1) is 0 Å². The van der Waals surface area contributed by atoms with Crippen LogP contribution in [0.25, 0.3) is 0 Å². The Kier molecular flexibility index (Phi) is 4.19. The number of nitrogens with one attached hydrogen (secondary N) is 1. The van der Waals surface area contributed by atoms with Gasteiger partial charge in [0.2, 0.25) is 0 Å². The summed E-state index contributed by atoms with van der Waals surface area (Å²) in [7, 11) is -4.69. The minimum Gasteiger partial charge on any atom is -0.777 e. The molecule has 1 aromatic heterocycles. The third-order valence-electron chi connectivity index (χ3n) is 1.35. The third-order valence-corrected chi connectivity index (χ3v) is 2.27. The van der Waals surface area contributed by atoms with Gasteiger partial charge in [-0.3, -0.25) is 0 Å². The molecule has 0 aliphatic rings. The zero-order valence-electron chi connectivity index (χ0n) is 6.54. The summed E-state index contributed by atoms with van der Waals surface area (Å²) in [6.07, 6.45) is 2.91. The Morgan fingerprint density at radius 3 is 2.31 bits per heavy atom. The molecule has 0 aromatic carbocycles. The summed E-state index contributed by atoms with van der Waals surface area (Å²) in [6.45, 7) is 0. The largest absolute Gasteiger partial charge is 0.777 e. The molecule has 74 valence electrons. The Balaban J connectivity index is 0.00000144. The molecule has 0 saturated heterocycles. The van der Waals surface area contributed by atoms with E-state index in [4.69, 9.17) is 10.00 Å². The van der Waals surface area contributed by atoms with Crippen LogP contribution in [-0.4, -0.2) is 15.5 Å². The van der Waals surface area contributed by atoms with E-state index in [0.717, 1.165) is 0 Å². The SMILES string of the molecule is O.O=P([O-])(O)[C@H](O)c1cc[nH+]cc1. The van der Waals surface area contributed by atoms with Crippen molar-refractivity contribution in [2.24, 2.45) is 0 Å². The van der Waals surface area contributed by atoms with Crippen molar-refractivity contribution in [3.05, 3.63) is 30.1 Å². The fourth-order valence-electron chi connectivity index (χ4n) is 0.760. The number of hydrogen-bond donors (Lipinski definition) is 2. The maximum atomic E-state index is 10.5. The first-order valence-corrected chi connectivity index (χ1v) is 4.84. The van der Waals surface area contributed by atoms with Gasteiger partial charge in [0.25, 0.3) is 0 Å². The molecule has 6 nitrogen and oxygen atoms in total. The molecule has 5 N–H and O–H groups in total. The van der Waals surface area contributed by atoms with Gasteiger partial charge in [-0.1, -0.05) is 0 Å². The Labute approximate surface area is 74.3 Å². The molecule has 1 unspecified atom stereocenters. The van der Waals surface area contributed by atoms with Crippen LogP contribution in [0, 0.1) is 0 Å². The molecule has 0 aliphatic carbocycles. The average molecular weight is 207 g/mol. The molecule has 0 aliphatic heterocycles. The van der Waals surface area contributed by atoms with Crippen LogP contribution < -0.4 is 9.88 Å². The van der Waals surface area contributed by atoms with Crippen molar-refractivity contribution in [1.29, 1.82) is 0 Å². The topological polar surface area (TPSA) is 126 Å². The summed E-state index contributed by atoms with van der Waals surface area (Å²) < 4.78 is 10.5. The second-order valence-corrected chi connectivity index (χ2v) is 3.89. The van der Waals surface area contributed by atoms with E-state index in [9.17, 15) is 9.46 Å². The Hall–Kier alpha value is -0.780. The molecule has 0 spiro atoms. The second-order valence-electron chi connectivity index (χ2n) is 2.27. The van der Waals surface area contributed by atoms with Crippen LogP contribution in [-0.2, 0) is 4.57 Å². The molecule has 2 atom stereocenters. The van der Waals surface area contributed by atoms with Gasteiger partial charge >= 0.3 is 0 Å². The van der Waals surface area contributed by atoms with E-state index in [1.807, 2.05) is 0 Å². The number of rotatable bonds is 2. The minimum absolute atomic E-state index is 0. The maximum Gasteiger partial charge on any atom is 0.167 e. The van der Waals surface area contributed by atoms with Gasteiger partial charge in [0.15, 0.2) is 20.0 Å². The lowest BCUT2D eigenvalue weighted by atomic mass is 10.3. The summed E-state index contributed by atoms with van der Waals surface area (Å²) in [5.41, 5.74) is 0.134. The Morgan fingerprint density at radius 1 is 1.46 bits per heavy atom. The molecule has 0 saturated carbocycles. The Morgan fingerprint density at radius 2 is 1.92 bits per heavy atom. The maximum absolute atomic E-state index is 10.5. The van der Waals surface area contributed by atoms with Crippen molar-refractivity contribution in [2.45, 2.75) is 5.85 Å². The van der Waals surface area contributed by atoms with Gasteiger partial charge in [0, 0.05) is 17.7 Å². The molecular weight excluding hydrogens is 197 g/mol. The van der Waals surface area contributed by atoms with Crippen molar-refractivity contribution in [3.8, 4) is 0 Å². The third kappa shape index (κ3) is 3.22. The van der Waals surface area contributed by atoms with E-state index in [1.54, 1.807) is 0 Å². The molecule has 0 amide bonds. The fraction of sp³-hybridized carbons (Fsp3) is 0.167. The van der Waals surface area contributed by atoms with E-state index in [0.29, 0.717) is 0 Å².